The lowest BCUT2D eigenvalue weighted by atomic mass is 9.98. The third-order valence-electron chi connectivity index (χ3n) is 3.17. The quantitative estimate of drug-likeness (QED) is 0.718. The van der Waals surface area contributed by atoms with E-state index in [-0.39, 0.29) is 23.7 Å². The van der Waals surface area contributed by atoms with Crippen molar-refractivity contribution in [2.75, 3.05) is 33.8 Å². The van der Waals surface area contributed by atoms with Gasteiger partial charge in [-0.1, -0.05) is 6.92 Å². The van der Waals surface area contributed by atoms with Gasteiger partial charge in [-0.05, 0) is 19.4 Å². The van der Waals surface area contributed by atoms with Gasteiger partial charge in [-0.25, -0.2) is 0 Å². The van der Waals surface area contributed by atoms with Gasteiger partial charge in [0.05, 0.1) is 18.9 Å². The van der Waals surface area contributed by atoms with Crippen LogP contribution in [0.5, 0.6) is 0 Å². The molecule has 0 saturated carbocycles. The number of piperidine rings is 1. The second-order valence-corrected chi connectivity index (χ2v) is 4.69. The molecule has 0 bridgehead atoms. The molecule has 1 unspecified atom stereocenters. The highest BCUT2D eigenvalue weighted by Gasteiger charge is 2.26. The first-order valence-corrected chi connectivity index (χ1v) is 6.09. The minimum absolute atomic E-state index is 0.0543. The van der Waals surface area contributed by atoms with Crippen molar-refractivity contribution in [1.82, 2.24) is 10.2 Å². The number of esters is 1. The Kier molecular flexibility index (Phi) is 5.41. The largest absolute Gasteiger partial charge is 0.469 e. The van der Waals surface area contributed by atoms with E-state index in [0.29, 0.717) is 6.54 Å². The average Bonchev–Trinajstić information content (AvgIpc) is 2.37. The number of hydrogen-bond acceptors (Lipinski definition) is 4. The SMILES string of the molecule is COC(=O)C(C)CN(C)C(=O)[C@H]1CCCNC1. The molecule has 0 aromatic carbocycles. The van der Waals surface area contributed by atoms with Crippen LogP contribution in [0.4, 0.5) is 0 Å². The monoisotopic (exact) mass is 242 g/mol. The molecule has 17 heavy (non-hydrogen) atoms. The van der Waals surface area contributed by atoms with Crippen LogP contribution in [0.25, 0.3) is 0 Å². The van der Waals surface area contributed by atoms with E-state index in [1.807, 2.05) is 0 Å². The molecule has 0 radical (unpaired) electrons. The molecule has 1 rings (SSSR count). The summed E-state index contributed by atoms with van der Waals surface area (Å²) < 4.78 is 4.65. The Balaban J connectivity index is 2.43. The number of rotatable bonds is 4. The third-order valence-corrected chi connectivity index (χ3v) is 3.17. The Hall–Kier alpha value is -1.10. The van der Waals surface area contributed by atoms with Crippen molar-refractivity contribution in [3.05, 3.63) is 0 Å². The van der Waals surface area contributed by atoms with Crippen molar-refractivity contribution in [3.63, 3.8) is 0 Å². The second kappa shape index (κ2) is 6.59. The highest BCUT2D eigenvalue weighted by atomic mass is 16.5. The predicted molar refractivity (Wildman–Crippen MR) is 64.4 cm³/mol. The maximum atomic E-state index is 12.1. The van der Waals surface area contributed by atoms with Crippen molar-refractivity contribution in [1.29, 1.82) is 0 Å². The summed E-state index contributed by atoms with van der Waals surface area (Å²) in [7, 11) is 3.11. The summed E-state index contributed by atoms with van der Waals surface area (Å²) in [6.07, 6.45) is 1.97. The molecule has 1 heterocycles. The lowest BCUT2D eigenvalue weighted by molar-refractivity contribution is -0.146. The Labute approximate surface area is 102 Å². The van der Waals surface area contributed by atoms with E-state index in [4.69, 9.17) is 0 Å². The molecule has 0 aromatic heterocycles. The molecule has 5 heteroatoms. The van der Waals surface area contributed by atoms with E-state index in [1.165, 1.54) is 7.11 Å². The van der Waals surface area contributed by atoms with Crippen LogP contribution in [-0.2, 0) is 14.3 Å². The number of nitrogens with zero attached hydrogens (tertiary/aromatic N) is 1. The maximum Gasteiger partial charge on any atom is 0.310 e. The fourth-order valence-corrected chi connectivity index (χ4v) is 2.15. The van der Waals surface area contributed by atoms with Crippen molar-refractivity contribution in [2.45, 2.75) is 19.8 Å². The van der Waals surface area contributed by atoms with Gasteiger partial charge in [-0.3, -0.25) is 9.59 Å². The molecule has 2 atom stereocenters. The zero-order valence-electron chi connectivity index (χ0n) is 10.9. The van der Waals surface area contributed by atoms with Crippen LogP contribution in [0.15, 0.2) is 0 Å². The van der Waals surface area contributed by atoms with Gasteiger partial charge in [0.1, 0.15) is 0 Å². The fraction of sp³-hybridized carbons (Fsp3) is 0.833. The number of ether oxygens (including phenoxy) is 1. The summed E-state index contributed by atoms with van der Waals surface area (Å²) in [5, 5.41) is 3.22. The minimum atomic E-state index is -0.273. The normalized spacial score (nSPS) is 21.7. The summed E-state index contributed by atoms with van der Waals surface area (Å²) in [5.41, 5.74) is 0. The summed E-state index contributed by atoms with van der Waals surface area (Å²) >= 11 is 0. The van der Waals surface area contributed by atoms with Crippen LogP contribution in [0.2, 0.25) is 0 Å². The third kappa shape index (κ3) is 4.00. The van der Waals surface area contributed by atoms with Gasteiger partial charge in [0.15, 0.2) is 0 Å². The number of carbonyl (C=O) groups is 2. The molecule has 5 nitrogen and oxygen atoms in total. The standard InChI is InChI=1S/C12H22N2O3/c1-9(12(16)17-3)8-14(2)11(15)10-5-4-6-13-7-10/h9-10,13H,4-8H2,1-3H3/t9?,10-/m0/s1. The van der Waals surface area contributed by atoms with Crippen LogP contribution in [-0.4, -0.2) is 50.6 Å². The first-order valence-electron chi connectivity index (χ1n) is 6.09. The van der Waals surface area contributed by atoms with Gasteiger partial charge in [0.2, 0.25) is 5.91 Å². The minimum Gasteiger partial charge on any atom is -0.469 e. The molecule has 1 aliphatic heterocycles. The van der Waals surface area contributed by atoms with Gasteiger partial charge in [0, 0.05) is 20.1 Å². The fourth-order valence-electron chi connectivity index (χ4n) is 2.15. The molecular formula is C12H22N2O3. The summed E-state index contributed by atoms with van der Waals surface area (Å²) in [4.78, 5) is 25.0. The molecule has 1 saturated heterocycles. The second-order valence-electron chi connectivity index (χ2n) is 4.69. The Morgan fingerprint density at radius 1 is 1.53 bits per heavy atom. The van der Waals surface area contributed by atoms with Crippen LogP contribution < -0.4 is 5.32 Å². The highest BCUT2D eigenvalue weighted by molar-refractivity contribution is 5.80. The maximum absolute atomic E-state index is 12.1. The summed E-state index contributed by atoms with van der Waals surface area (Å²) in [6.45, 7) is 3.93. The lowest BCUT2D eigenvalue weighted by Crippen LogP contribution is -2.43. The van der Waals surface area contributed by atoms with Crippen LogP contribution in [0.3, 0.4) is 0 Å². The van der Waals surface area contributed by atoms with Gasteiger partial charge in [-0.2, -0.15) is 0 Å². The van der Waals surface area contributed by atoms with E-state index in [0.717, 1.165) is 25.9 Å². The van der Waals surface area contributed by atoms with E-state index in [9.17, 15) is 9.59 Å². The molecule has 0 spiro atoms. The lowest BCUT2D eigenvalue weighted by Gasteiger charge is -2.28. The number of nitrogens with one attached hydrogen (secondary N) is 1. The molecular weight excluding hydrogens is 220 g/mol. The van der Waals surface area contributed by atoms with Crippen LogP contribution in [0, 0.1) is 11.8 Å². The van der Waals surface area contributed by atoms with E-state index >= 15 is 0 Å². The Morgan fingerprint density at radius 3 is 2.76 bits per heavy atom. The van der Waals surface area contributed by atoms with Crippen LogP contribution >= 0.6 is 0 Å². The molecule has 98 valence electrons. The van der Waals surface area contributed by atoms with E-state index < -0.39 is 0 Å². The zero-order chi connectivity index (χ0) is 12.8. The Morgan fingerprint density at radius 2 is 2.24 bits per heavy atom. The van der Waals surface area contributed by atoms with Gasteiger partial charge < -0.3 is 15.0 Å². The molecule has 1 amide bonds. The molecule has 1 fully saturated rings. The number of carbonyl (C=O) groups excluding carboxylic acids is 2. The van der Waals surface area contributed by atoms with E-state index in [1.54, 1.807) is 18.9 Å². The topological polar surface area (TPSA) is 58.6 Å². The highest BCUT2D eigenvalue weighted by Crippen LogP contribution is 2.13. The van der Waals surface area contributed by atoms with Crippen molar-refractivity contribution < 1.29 is 14.3 Å². The van der Waals surface area contributed by atoms with Crippen molar-refractivity contribution in [2.24, 2.45) is 11.8 Å². The number of methoxy groups -OCH3 is 1. The van der Waals surface area contributed by atoms with Gasteiger partial charge >= 0.3 is 5.97 Å². The van der Waals surface area contributed by atoms with Gasteiger partial charge in [-0.15, -0.1) is 0 Å². The molecule has 1 N–H and O–H groups in total. The number of hydrogen-bond donors (Lipinski definition) is 1. The van der Waals surface area contributed by atoms with Crippen LogP contribution in [0.1, 0.15) is 19.8 Å². The summed E-state index contributed by atoms with van der Waals surface area (Å²) in [5.74, 6) is -0.372. The molecule has 0 aliphatic carbocycles. The van der Waals surface area contributed by atoms with Crippen molar-refractivity contribution >= 4 is 11.9 Å². The zero-order valence-corrected chi connectivity index (χ0v) is 10.9. The van der Waals surface area contributed by atoms with E-state index in [2.05, 4.69) is 10.1 Å². The summed E-state index contributed by atoms with van der Waals surface area (Å²) in [6, 6.07) is 0. The molecule has 0 aromatic rings. The smallest absolute Gasteiger partial charge is 0.310 e. The Bertz CT molecular complexity index is 275. The first-order chi connectivity index (χ1) is 8.06. The van der Waals surface area contributed by atoms with Crippen molar-refractivity contribution in [3.8, 4) is 0 Å². The predicted octanol–water partition coefficient (Wildman–Crippen LogP) is 0.254. The number of amides is 1. The van der Waals surface area contributed by atoms with Gasteiger partial charge in [0.25, 0.3) is 0 Å². The first kappa shape index (κ1) is 14.0. The molecule has 1 aliphatic rings. The average molecular weight is 242 g/mol.